The summed E-state index contributed by atoms with van der Waals surface area (Å²) < 4.78 is 19.2. The molecule has 0 atom stereocenters. The van der Waals surface area contributed by atoms with Crippen LogP contribution in [0.3, 0.4) is 0 Å². The van der Waals surface area contributed by atoms with E-state index in [0.717, 1.165) is 5.56 Å². The smallest absolute Gasteiger partial charge is 0.322 e. The van der Waals surface area contributed by atoms with Gasteiger partial charge in [0.1, 0.15) is 11.6 Å². The number of amides is 3. The molecular weight excluding hydrogens is 421 g/mol. The molecule has 0 spiro atoms. The molecule has 0 aromatic heterocycles. The van der Waals surface area contributed by atoms with E-state index in [2.05, 4.69) is 5.32 Å². The van der Waals surface area contributed by atoms with Crippen LogP contribution in [0.25, 0.3) is 0 Å². The first-order valence-electron chi connectivity index (χ1n) is 10.9. The number of hydrogen-bond donors (Lipinski definition) is 1. The molecule has 3 aromatic carbocycles. The molecule has 1 aliphatic heterocycles. The molecule has 33 heavy (non-hydrogen) atoms. The standard InChI is InChI=1S/C26H26FN3O3/c1-19-6-4-7-22(18-19)33-24-9-3-2-8-23(24)28-26(32)30-15-5-14-29(16-17-30)25(31)20-10-12-21(27)13-11-20/h2-4,6-13,18H,5,14-17H2,1H3,(H,28,32). The van der Waals surface area contributed by atoms with Gasteiger partial charge in [-0.2, -0.15) is 0 Å². The Bertz CT molecular complexity index is 1130. The van der Waals surface area contributed by atoms with Crippen molar-refractivity contribution in [2.45, 2.75) is 13.3 Å². The Hall–Kier alpha value is -3.87. The van der Waals surface area contributed by atoms with Gasteiger partial charge in [-0.05, 0) is 67.4 Å². The lowest BCUT2D eigenvalue weighted by Crippen LogP contribution is -2.39. The number of nitrogens with one attached hydrogen (secondary N) is 1. The Morgan fingerprint density at radius 1 is 0.879 bits per heavy atom. The second-order valence-corrected chi connectivity index (χ2v) is 7.98. The number of halogens is 1. The summed E-state index contributed by atoms with van der Waals surface area (Å²) in [5, 5.41) is 2.94. The maximum atomic E-state index is 13.2. The van der Waals surface area contributed by atoms with Gasteiger partial charge in [0.2, 0.25) is 0 Å². The maximum Gasteiger partial charge on any atom is 0.322 e. The summed E-state index contributed by atoms with van der Waals surface area (Å²) >= 11 is 0. The van der Waals surface area contributed by atoms with Crippen molar-refractivity contribution in [2.24, 2.45) is 0 Å². The number of carbonyl (C=O) groups excluding carboxylic acids is 2. The Morgan fingerprint density at radius 3 is 2.39 bits per heavy atom. The molecule has 4 rings (SSSR count). The monoisotopic (exact) mass is 447 g/mol. The summed E-state index contributed by atoms with van der Waals surface area (Å²) in [7, 11) is 0. The van der Waals surface area contributed by atoms with Gasteiger partial charge in [0.15, 0.2) is 5.75 Å². The van der Waals surface area contributed by atoms with Crippen molar-refractivity contribution in [1.82, 2.24) is 9.80 Å². The quantitative estimate of drug-likeness (QED) is 0.590. The van der Waals surface area contributed by atoms with E-state index < -0.39 is 0 Å². The van der Waals surface area contributed by atoms with Crippen LogP contribution >= 0.6 is 0 Å². The minimum absolute atomic E-state index is 0.158. The van der Waals surface area contributed by atoms with Gasteiger partial charge in [-0.15, -0.1) is 0 Å². The number of nitrogens with zero attached hydrogens (tertiary/aromatic N) is 2. The Labute approximate surface area is 192 Å². The summed E-state index contributed by atoms with van der Waals surface area (Å²) in [4.78, 5) is 29.1. The SMILES string of the molecule is Cc1cccc(Oc2ccccc2NC(=O)N2CCCN(C(=O)c3ccc(F)cc3)CC2)c1. The molecule has 1 fully saturated rings. The van der Waals surface area contributed by atoms with Crippen molar-refractivity contribution in [3.05, 3.63) is 89.7 Å². The average Bonchev–Trinajstić information content (AvgIpc) is 3.07. The van der Waals surface area contributed by atoms with Crippen LogP contribution in [0.2, 0.25) is 0 Å². The van der Waals surface area contributed by atoms with Crippen LogP contribution in [0.5, 0.6) is 11.5 Å². The highest BCUT2D eigenvalue weighted by Gasteiger charge is 2.23. The van der Waals surface area contributed by atoms with Crippen molar-refractivity contribution in [3.63, 3.8) is 0 Å². The molecule has 3 aromatic rings. The molecule has 0 aliphatic carbocycles. The van der Waals surface area contributed by atoms with Crippen LogP contribution in [-0.2, 0) is 0 Å². The van der Waals surface area contributed by atoms with Crippen LogP contribution in [0, 0.1) is 12.7 Å². The molecular formula is C26H26FN3O3. The number of urea groups is 1. The summed E-state index contributed by atoms with van der Waals surface area (Å²) in [6.45, 7) is 3.86. The molecule has 1 aliphatic rings. The van der Waals surface area contributed by atoms with Crippen LogP contribution in [0.15, 0.2) is 72.8 Å². The van der Waals surface area contributed by atoms with Crippen molar-refractivity contribution >= 4 is 17.6 Å². The lowest BCUT2D eigenvalue weighted by atomic mass is 10.2. The largest absolute Gasteiger partial charge is 0.455 e. The number of para-hydroxylation sites is 2. The van der Waals surface area contributed by atoms with E-state index in [1.807, 2.05) is 49.4 Å². The van der Waals surface area contributed by atoms with Crippen molar-refractivity contribution in [2.75, 3.05) is 31.5 Å². The van der Waals surface area contributed by atoms with E-state index >= 15 is 0 Å². The first-order valence-corrected chi connectivity index (χ1v) is 10.9. The van der Waals surface area contributed by atoms with Gasteiger partial charge in [0.05, 0.1) is 5.69 Å². The molecule has 0 bridgehead atoms. The fraction of sp³-hybridized carbons (Fsp3) is 0.231. The van der Waals surface area contributed by atoms with Crippen LogP contribution in [0.1, 0.15) is 22.3 Å². The summed E-state index contributed by atoms with van der Waals surface area (Å²) in [5.74, 6) is 0.715. The van der Waals surface area contributed by atoms with Gasteiger partial charge in [-0.3, -0.25) is 4.79 Å². The predicted molar refractivity (Wildman–Crippen MR) is 125 cm³/mol. The highest BCUT2D eigenvalue weighted by molar-refractivity contribution is 5.94. The van der Waals surface area contributed by atoms with Gasteiger partial charge >= 0.3 is 6.03 Å². The third-order valence-electron chi connectivity index (χ3n) is 5.51. The number of benzene rings is 3. The van der Waals surface area contributed by atoms with Gasteiger partial charge in [0, 0.05) is 31.7 Å². The number of anilines is 1. The number of rotatable bonds is 4. The zero-order chi connectivity index (χ0) is 23.2. The molecule has 1 saturated heterocycles. The first-order chi connectivity index (χ1) is 16.0. The second-order valence-electron chi connectivity index (χ2n) is 7.98. The highest BCUT2D eigenvalue weighted by atomic mass is 19.1. The maximum absolute atomic E-state index is 13.2. The summed E-state index contributed by atoms with van der Waals surface area (Å²) in [6, 6.07) is 20.3. The van der Waals surface area contributed by atoms with Gasteiger partial charge < -0.3 is 19.9 Å². The van der Waals surface area contributed by atoms with E-state index in [1.165, 1.54) is 24.3 Å². The molecule has 3 amide bonds. The molecule has 1 N–H and O–H groups in total. The number of aryl methyl sites for hydroxylation is 1. The van der Waals surface area contributed by atoms with Gasteiger partial charge in [-0.25, -0.2) is 9.18 Å². The van der Waals surface area contributed by atoms with E-state index in [-0.39, 0.29) is 17.8 Å². The Balaban J connectivity index is 1.39. The zero-order valence-corrected chi connectivity index (χ0v) is 18.5. The van der Waals surface area contributed by atoms with E-state index in [0.29, 0.717) is 55.3 Å². The minimum atomic E-state index is -0.378. The summed E-state index contributed by atoms with van der Waals surface area (Å²) in [5.41, 5.74) is 2.10. The zero-order valence-electron chi connectivity index (χ0n) is 18.5. The minimum Gasteiger partial charge on any atom is -0.455 e. The normalized spacial score (nSPS) is 13.9. The van der Waals surface area contributed by atoms with Gasteiger partial charge in [0.25, 0.3) is 5.91 Å². The average molecular weight is 448 g/mol. The topological polar surface area (TPSA) is 61.9 Å². The molecule has 6 nitrogen and oxygen atoms in total. The molecule has 1 heterocycles. The number of ether oxygens (including phenoxy) is 1. The van der Waals surface area contributed by atoms with Crippen molar-refractivity contribution in [1.29, 1.82) is 0 Å². The van der Waals surface area contributed by atoms with Crippen LogP contribution in [0.4, 0.5) is 14.9 Å². The number of carbonyl (C=O) groups is 2. The molecule has 0 saturated carbocycles. The highest BCUT2D eigenvalue weighted by Crippen LogP contribution is 2.30. The third kappa shape index (κ3) is 5.68. The Morgan fingerprint density at radius 2 is 1.61 bits per heavy atom. The second kappa shape index (κ2) is 10.2. The molecule has 0 unspecified atom stereocenters. The summed E-state index contributed by atoms with van der Waals surface area (Å²) in [6.07, 6.45) is 0.655. The lowest BCUT2D eigenvalue weighted by molar-refractivity contribution is 0.0762. The Kier molecular flexibility index (Phi) is 6.88. The number of hydrogen-bond acceptors (Lipinski definition) is 3. The third-order valence-corrected chi connectivity index (χ3v) is 5.51. The lowest BCUT2D eigenvalue weighted by Gasteiger charge is -2.23. The molecule has 0 radical (unpaired) electrons. The molecule has 170 valence electrons. The van der Waals surface area contributed by atoms with E-state index in [1.54, 1.807) is 15.9 Å². The predicted octanol–water partition coefficient (Wildman–Crippen LogP) is 5.31. The fourth-order valence-electron chi connectivity index (χ4n) is 3.76. The van der Waals surface area contributed by atoms with E-state index in [9.17, 15) is 14.0 Å². The first kappa shape index (κ1) is 22.3. The van der Waals surface area contributed by atoms with Crippen molar-refractivity contribution < 1.29 is 18.7 Å². The van der Waals surface area contributed by atoms with Crippen LogP contribution < -0.4 is 10.1 Å². The van der Waals surface area contributed by atoms with Crippen LogP contribution in [-0.4, -0.2) is 47.9 Å². The molecule has 7 heteroatoms. The van der Waals surface area contributed by atoms with Gasteiger partial charge in [-0.1, -0.05) is 24.3 Å². The van der Waals surface area contributed by atoms with E-state index in [4.69, 9.17) is 4.74 Å². The fourth-order valence-corrected chi connectivity index (χ4v) is 3.76. The van der Waals surface area contributed by atoms with Crippen molar-refractivity contribution in [3.8, 4) is 11.5 Å².